The first-order valence-corrected chi connectivity index (χ1v) is 9.43. The number of nitrogens with zero attached hydrogens (tertiary/aromatic N) is 3. The molecule has 27 heavy (non-hydrogen) atoms. The number of aryl methyl sites for hydroxylation is 1. The third-order valence-corrected chi connectivity index (χ3v) is 5.60. The van der Waals surface area contributed by atoms with Crippen molar-refractivity contribution in [1.82, 2.24) is 14.5 Å². The molecule has 1 aromatic heterocycles. The Kier molecular flexibility index (Phi) is 4.68. The van der Waals surface area contributed by atoms with Crippen molar-refractivity contribution in [1.29, 1.82) is 0 Å². The predicted molar refractivity (Wildman–Crippen MR) is 99.0 cm³/mol. The molecule has 1 N–H and O–H groups in total. The molecule has 1 saturated carbocycles. The second-order valence-corrected chi connectivity index (χ2v) is 7.39. The van der Waals surface area contributed by atoms with E-state index >= 15 is 0 Å². The van der Waals surface area contributed by atoms with Crippen LogP contribution in [0.5, 0.6) is 0 Å². The standard InChI is InChI=1S/C20H23FN4O2/c1-13-22-8-9-24(13)18-7-6-15(11-17(18)21)23-20(27)14-10-19(26)25(12-14)16-4-2-3-5-16/h6-9,11,14,16H,2-5,10,12H2,1H3,(H,23,27)/t14-/m1/s1. The summed E-state index contributed by atoms with van der Waals surface area (Å²) in [5, 5.41) is 2.76. The topological polar surface area (TPSA) is 67.2 Å². The van der Waals surface area contributed by atoms with Crippen molar-refractivity contribution < 1.29 is 14.0 Å². The first-order valence-electron chi connectivity index (χ1n) is 9.43. The van der Waals surface area contributed by atoms with E-state index < -0.39 is 5.82 Å². The van der Waals surface area contributed by atoms with Gasteiger partial charge in [-0.05, 0) is 38.0 Å². The molecule has 6 nitrogen and oxygen atoms in total. The summed E-state index contributed by atoms with van der Waals surface area (Å²) in [6, 6.07) is 4.87. The Labute approximate surface area is 157 Å². The number of imidazole rings is 1. The molecule has 2 aliphatic rings. The number of amides is 2. The Hall–Kier alpha value is -2.70. The van der Waals surface area contributed by atoms with Crippen LogP contribution in [0.4, 0.5) is 10.1 Å². The van der Waals surface area contributed by atoms with E-state index in [1.54, 1.807) is 36.0 Å². The zero-order valence-corrected chi connectivity index (χ0v) is 15.3. The highest BCUT2D eigenvalue weighted by Crippen LogP contribution is 2.30. The normalized spacial score (nSPS) is 20.4. The minimum atomic E-state index is -0.441. The minimum absolute atomic E-state index is 0.0548. The maximum absolute atomic E-state index is 14.5. The Morgan fingerprint density at radius 2 is 2.07 bits per heavy atom. The lowest BCUT2D eigenvalue weighted by Gasteiger charge is -2.23. The second-order valence-electron chi connectivity index (χ2n) is 7.39. The first kappa shape index (κ1) is 17.7. The average Bonchev–Trinajstić information content (AvgIpc) is 3.36. The molecule has 0 unspecified atom stereocenters. The van der Waals surface area contributed by atoms with Gasteiger partial charge in [0.2, 0.25) is 11.8 Å². The highest BCUT2D eigenvalue weighted by molar-refractivity contribution is 5.97. The van der Waals surface area contributed by atoms with Gasteiger partial charge in [0, 0.05) is 37.1 Å². The maximum atomic E-state index is 14.5. The van der Waals surface area contributed by atoms with Gasteiger partial charge in [0.25, 0.3) is 0 Å². The van der Waals surface area contributed by atoms with Crippen LogP contribution in [-0.4, -0.2) is 38.9 Å². The summed E-state index contributed by atoms with van der Waals surface area (Å²) in [6.07, 6.45) is 7.88. The van der Waals surface area contributed by atoms with Crippen molar-refractivity contribution in [3.63, 3.8) is 0 Å². The number of aromatic nitrogens is 2. The molecule has 0 spiro atoms. The van der Waals surface area contributed by atoms with Gasteiger partial charge in [-0.2, -0.15) is 0 Å². The number of carbonyl (C=O) groups is 2. The summed E-state index contributed by atoms with van der Waals surface area (Å²) < 4.78 is 16.1. The van der Waals surface area contributed by atoms with Gasteiger partial charge in [-0.15, -0.1) is 0 Å². The van der Waals surface area contributed by atoms with Crippen LogP contribution < -0.4 is 5.32 Å². The van der Waals surface area contributed by atoms with E-state index in [0.717, 1.165) is 25.7 Å². The van der Waals surface area contributed by atoms with Crippen molar-refractivity contribution in [2.24, 2.45) is 5.92 Å². The summed E-state index contributed by atoms with van der Waals surface area (Å²) in [4.78, 5) is 30.8. The number of anilines is 1. The quantitative estimate of drug-likeness (QED) is 0.899. The highest BCUT2D eigenvalue weighted by Gasteiger charge is 2.38. The van der Waals surface area contributed by atoms with E-state index in [4.69, 9.17) is 0 Å². The average molecular weight is 370 g/mol. The number of carbonyl (C=O) groups excluding carboxylic acids is 2. The third-order valence-electron chi connectivity index (χ3n) is 5.60. The summed E-state index contributed by atoms with van der Waals surface area (Å²) in [6.45, 7) is 2.26. The number of nitrogens with one attached hydrogen (secondary N) is 1. The smallest absolute Gasteiger partial charge is 0.229 e. The lowest BCUT2D eigenvalue weighted by Crippen LogP contribution is -2.35. The van der Waals surface area contributed by atoms with Crippen LogP contribution in [0.15, 0.2) is 30.6 Å². The highest BCUT2D eigenvalue weighted by atomic mass is 19.1. The fourth-order valence-corrected chi connectivity index (χ4v) is 4.13. The Balaban J connectivity index is 1.43. The molecule has 142 valence electrons. The molecule has 1 aliphatic heterocycles. The van der Waals surface area contributed by atoms with Crippen LogP contribution in [0.2, 0.25) is 0 Å². The SMILES string of the molecule is Cc1nccn1-c1ccc(NC(=O)[C@@H]2CC(=O)N(C3CCCC3)C2)cc1F. The van der Waals surface area contributed by atoms with Crippen LogP contribution in [-0.2, 0) is 9.59 Å². The van der Waals surface area contributed by atoms with E-state index in [1.165, 1.54) is 6.07 Å². The molecule has 1 atom stereocenters. The van der Waals surface area contributed by atoms with Gasteiger partial charge in [-0.3, -0.25) is 9.59 Å². The van der Waals surface area contributed by atoms with E-state index in [-0.39, 0.29) is 30.2 Å². The number of hydrogen-bond donors (Lipinski definition) is 1. The molecular weight excluding hydrogens is 347 g/mol. The summed E-state index contributed by atoms with van der Waals surface area (Å²) >= 11 is 0. The summed E-state index contributed by atoms with van der Waals surface area (Å²) in [7, 11) is 0. The zero-order chi connectivity index (χ0) is 19.0. The monoisotopic (exact) mass is 370 g/mol. The van der Waals surface area contributed by atoms with E-state index in [0.29, 0.717) is 23.7 Å². The number of likely N-dealkylation sites (tertiary alicyclic amines) is 1. The number of halogens is 1. The Morgan fingerprint density at radius 1 is 1.30 bits per heavy atom. The Morgan fingerprint density at radius 3 is 2.74 bits per heavy atom. The Bertz CT molecular complexity index is 873. The maximum Gasteiger partial charge on any atom is 0.229 e. The lowest BCUT2D eigenvalue weighted by atomic mass is 10.1. The molecule has 2 aromatic rings. The van der Waals surface area contributed by atoms with Gasteiger partial charge < -0.3 is 14.8 Å². The van der Waals surface area contributed by atoms with Crippen molar-refractivity contribution in [3.8, 4) is 5.69 Å². The fraction of sp³-hybridized carbons (Fsp3) is 0.450. The molecule has 7 heteroatoms. The molecule has 0 bridgehead atoms. The third kappa shape index (κ3) is 3.46. The van der Waals surface area contributed by atoms with Crippen LogP contribution >= 0.6 is 0 Å². The number of hydrogen-bond acceptors (Lipinski definition) is 3. The van der Waals surface area contributed by atoms with Gasteiger partial charge in [0.05, 0.1) is 11.6 Å². The predicted octanol–water partition coefficient (Wildman–Crippen LogP) is 3.05. The van der Waals surface area contributed by atoms with Gasteiger partial charge in [-0.1, -0.05) is 12.8 Å². The van der Waals surface area contributed by atoms with Crippen molar-refractivity contribution >= 4 is 17.5 Å². The molecule has 2 fully saturated rings. The molecule has 0 radical (unpaired) electrons. The minimum Gasteiger partial charge on any atom is -0.339 e. The van der Waals surface area contributed by atoms with Gasteiger partial charge in [0.15, 0.2) is 0 Å². The fourth-order valence-electron chi connectivity index (χ4n) is 4.13. The number of rotatable bonds is 4. The summed E-state index contributed by atoms with van der Waals surface area (Å²) in [5.41, 5.74) is 0.775. The second kappa shape index (κ2) is 7.13. The molecular formula is C20H23FN4O2. The van der Waals surface area contributed by atoms with Crippen molar-refractivity contribution in [2.75, 3.05) is 11.9 Å². The van der Waals surface area contributed by atoms with Crippen LogP contribution in [0.3, 0.4) is 0 Å². The molecule has 2 heterocycles. The summed E-state index contributed by atoms with van der Waals surface area (Å²) in [5.74, 6) is -0.308. The van der Waals surface area contributed by atoms with Gasteiger partial charge in [-0.25, -0.2) is 9.37 Å². The van der Waals surface area contributed by atoms with Crippen molar-refractivity contribution in [3.05, 3.63) is 42.2 Å². The lowest BCUT2D eigenvalue weighted by molar-refractivity contribution is -0.129. The zero-order valence-electron chi connectivity index (χ0n) is 15.3. The van der Waals surface area contributed by atoms with Crippen molar-refractivity contribution in [2.45, 2.75) is 45.1 Å². The van der Waals surface area contributed by atoms with Gasteiger partial charge >= 0.3 is 0 Å². The first-order chi connectivity index (χ1) is 13.0. The molecule has 2 amide bonds. The van der Waals surface area contributed by atoms with E-state index in [9.17, 15) is 14.0 Å². The largest absolute Gasteiger partial charge is 0.339 e. The number of benzene rings is 1. The van der Waals surface area contributed by atoms with Crippen LogP contribution in [0.25, 0.3) is 5.69 Å². The molecule has 4 rings (SSSR count). The van der Waals surface area contributed by atoms with Crippen LogP contribution in [0, 0.1) is 18.7 Å². The van der Waals surface area contributed by atoms with Gasteiger partial charge in [0.1, 0.15) is 11.6 Å². The molecule has 1 aliphatic carbocycles. The van der Waals surface area contributed by atoms with Crippen LogP contribution in [0.1, 0.15) is 37.9 Å². The molecule has 1 aromatic carbocycles. The van der Waals surface area contributed by atoms with E-state index in [1.807, 2.05) is 4.90 Å². The van der Waals surface area contributed by atoms with E-state index in [2.05, 4.69) is 10.3 Å². The molecule has 1 saturated heterocycles.